The minimum atomic E-state index is -3.05. The molecule has 70 heavy (non-hydrogen) atoms. The number of aliphatic hydroxyl groups excluding tert-OH is 1. The van der Waals surface area contributed by atoms with E-state index in [2.05, 4.69) is 0 Å². The normalized spacial score (nSPS) is 45.0. The average molecular weight is 1010 g/mol. The summed E-state index contributed by atoms with van der Waals surface area (Å²) in [5.74, 6) is -15.5. The van der Waals surface area contributed by atoms with Crippen molar-refractivity contribution in [2.24, 2.45) is 47.3 Å². The molecular formula is C55H88NO13P. The lowest BCUT2D eigenvalue weighted by Gasteiger charge is -2.43. The second kappa shape index (κ2) is 26.7. The van der Waals surface area contributed by atoms with Crippen LogP contribution in [0.3, 0.4) is 0 Å². The first-order valence-electron chi connectivity index (χ1n) is 29.8. The average Bonchev–Trinajstić information content (AvgIpc) is 3.34. The minimum Gasteiger partial charge on any atom is -0.460 e. The first kappa shape index (κ1) is 45.5. The van der Waals surface area contributed by atoms with Crippen LogP contribution in [0.1, 0.15) is 146 Å². The Labute approximate surface area is 433 Å². The van der Waals surface area contributed by atoms with Gasteiger partial charge in [-0.2, -0.15) is 0 Å². The lowest BCUT2D eigenvalue weighted by atomic mass is 9.67. The smallest absolute Gasteiger partial charge is 0.329 e. The molecule has 0 spiro atoms. The van der Waals surface area contributed by atoms with Crippen molar-refractivity contribution < 1.29 is 75.9 Å². The number of cyclic esters (lactones) is 1. The van der Waals surface area contributed by atoms with Gasteiger partial charge in [0.05, 0.1) is 22.4 Å². The molecule has 0 aromatic rings. The van der Waals surface area contributed by atoms with Gasteiger partial charge in [-0.15, -0.1) is 0 Å². The van der Waals surface area contributed by atoms with E-state index in [-0.39, 0.29) is 37.3 Å². The van der Waals surface area contributed by atoms with Crippen molar-refractivity contribution in [2.75, 3.05) is 41.1 Å². The van der Waals surface area contributed by atoms with Crippen molar-refractivity contribution >= 4 is 36.6 Å². The Morgan fingerprint density at radius 3 is 2.34 bits per heavy atom. The number of amides is 1. The number of carbonyl (C=O) groups excluding carboxylic acids is 5. The zero-order valence-corrected chi connectivity index (χ0v) is 44.1. The summed E-state index contributed by atoms with van der Waals surface area (Å²) < 4.78 is 128. The zero-order valence-electron chi connectivity index (χ0n) is 53.2. The fraction of sp³-hybridized carbons (Fsp3) is 0.764. The molecule has 0 aromatic carbocycles. The van der Waals surface area contributed by atoms with E-state index >= 15 is 0 Å². The molecule has 4 rings (SSSR count). The van der Waals surface area contributed by atoms with E-state index in [4.69, 9.17) is 34.4 Å². The highest BCUT2D eigenvalue weighted by molar-refractivity contribution is 7.57. The molecule has 3 fully saturated rings. The number of fused-ring (bicyclic) bond motifs is 3. The van der Waals surface area contributed by atoms with Gasteiger partial charge < -0.3 is 38.6 Å². The van der Waals surface area contributed by atoms with Crippen molar-refractivity contribution in [1.82, 2.24) is 4.90 Å². The van der Waals surface area contributed by atoms with Gasteiger partial charge in [0.2, 0.25) is 0 Å². The monoisotopic (exact) mass is 1010 g/mol. The molecule has 0 aromatic heterocycles. The van der Waals surface area contributed by atoms with Crippen LogP contribution < -0.4 is 0 Å². The maximum Gasteiger partial charge on any atom is 0.329 e. The highest BCUT2D eigenvalue weighted by atomic mass is 31.2. The summed E-state index contributed by atoms with van der Waals surface area (Å²) in [4.78, 5) is 73.9. The van der Waals surface area contributed by atoms with Crippen LogP contribution in [0.5, 0.6) is 0 Å². The molecular weight excluding hydrogens is 914 g/mol. The van der Waals surface area contributed by atoms with Gasteiger partial charge >= 0.3 is 5.97 Å². The molecule has 14 nitrogen and oxygen atoms in total. The van der Waals surface area contributed by atoms with E-state index in [9.17, 15) is 41.5 Å². The fourth-order valence-corrected chi connectivity index (χ4v) is 11.2. The van der Waals surface area contributed by atoms with E-state index in [1.54, 1.807) is 13.8 Å². The Hall–Kier alpha value is -3.10. The summed E-state index contributed by atoms with van der Waals surface area (Å²) in [5, 5.41) is 24.1. The predicted octanol–water partition coefficient (Wildman–Crippen LogP) is 8.65. The summed E-state index contributed by atoms with van der Waals surface area (Å²) >= 11 is 0. The number of esters is 1. The fourth-order valence-electron chi connectivity index (χ4n) is 10.3. The molecule has 2 saturated carbocycles. The second-order valence-electron chi connectivity index (χ2n) is 20.6. The van der Waals surface area contributed by atoms with Crippen molar-refractivity contribution in [3.05, 3.63) is 47.6 Å². The number of carbonyl (C=O) groups is 5. The molecule has 2 N–H and O–H groups in total. The number of rotatable bonds is 8. The topological polar surface area (TPSA) is 192 Å². The number of ketones is 3. The number of hydrogen-bond donors (Lipinski definition) is 2. The van der Waals surface area contributed by atoms with Gasteiger partial charge in [-0.3, -0.25) is 23.7 Å². The molecule has 15 heteroatoms. The summed E-state index contributed by atoms with van der Waals surface area (Å²) in [6, 6.07) is -1.44. The molecule has 2 aliphatic carbocycles. The second-order valence-corrected chi connectivity index (χ2v) is 23.4. The zero-order chi connectivity index (χ0) is 60.9. The Morgan fingerprint density at radius 2 is 1.69 bits per heavy atom. The number of piperidine rings is 1. The number of nitrogens with zero attached hydrogens (tertiary/aromatic N) is 1. The highest BCUT2D eigenvalue weighted by Crippen LogP contribution is 2.45. The van der Waals surface area contributed by atoms with Gasteiger partial charge in [0.25, 0.3) is 11.7 Å². The molecule has 1 amide bonds. The van der Waals surface area contributed by atoms with Gasteiger partial charge in [0.1, 0.15) is 35.7 Å². The Morgan fingerprint density at radius 1 is 0.957 bits per heavy atom. The van der Waals surface area contributed by atoms with Crippen LogP contribution in [0.2, 0.25) is 0 Å². The number of Topliss-reactive ketones (excluding diaryl/α,β-unsaturated/α-hetero) is 3. The van der Waals surface area contributed by atoms with Gasteiger partial charge in [0.15, 0.2) is 13.2 Å². The third-order valence-corrected chi connectivity index (χ3v) is 15.9. The number of ether oxygens (including phenoxy) is 4. The lowest BCUT2D eigenvalue weighted by molar-refractivity contribution is -0.171. The molecule has 396 valence electrons. The number of hydrogen-bond acceptors (Lipinski definition) is 13. The molecule has 1 saturated heterocycles. The number of methoxy groups -OCH3 is 3. The largest absolute Gasteiger partial charge is 0.460 e. The van der Waals surface area contributed by atoms with Crippen molar-refractivity contribution in [3.8, 4) is 0 Å². The summed E-state index contributed by atoms with van der Waals surface area (Å²) in [6.07, 6.45) is -0.0847. The molecule has 2 bridgehead atoms. The van der Waals surface area contributed by atoms with Crippen LogP contribution in [0.15, 0.2) is 47.6 Å². The third-order valence-electron chi connectivity index (χ3n) is 15.1. The molecule has 4 aliphatic rings. The lowest BCUT2D eigenvalue weighted by Crippen LogP contribution is -2.59. The highest BCUT2D eigenvalue weighted by Gasteiger charge is 2.51. The van der Waals surface area contributed by atoms with Crippen molar-refractivity contribution in [2.45, 2.75) is 181 Å². The first-order valence-corrected chi connectivity index (χ1v) is 27.3. The maximum atomic E-state index is 14.7. The third kappa shape index (κ3) is 15.7. The van der Waals surface area contributed by atoms with Gasteiger partial charge in [-0.1, -0.05) is 77.9 Å². The van der Waals surface area contributed by atoms with Gasteiger partial charge in [0, 0.05) is 69.0 Å². The van der Waals surface area contributed by atoms with E-state index in [1.807, 2.05) is 0 Å². The molecule has 2 heterocycles. The molecule has 0 radical (unpaired) electrons. The molecule has 16 atom stereocenters. The van der Waals surface area contributed by atoms with Crippen LogP contribution in [0.4, 0.5) is 0 Å². The number of aliphatic hydroxyl groups is 2. The quantitative estimate of drug-likeness (QED) is 0.102. The SMILES string of the molecule is [2H]C([2H])([2H])O[C@H]1C[C@@H]2CC([2H])([2H])[C@@H](C)[C@@](O)(C2)C(=O)C(=O)N2CCCC[C@H]2C(=O)O[C@H]([C@H](C)C[C@@H]2CC[C@@H](OP(C)(C)=O)[C@H](OC)C2)CC(=O)[C@H](C([2H])([2H])[2H])/C=C(\C)[C@@H](O)[C@@H](OC)C(=O)[C@H](C)C([2H])(C)[C@]([2H])(C)/C=C/C=C/C=C/1C. The van der Waals surface area contributed by atoms with Crippen LogP contribution in [0.25, 0.3) is 0 Å². The van der Waals surface area contributed by atoms with E-state index in [1.165, 1.54) is 85.4 Å². The Kier molecular flexibility index (Phi) is 17.4. The van der Waals surface area contributed by atoms with Crippen LogP contribution >= 0.6 is 7.37 Å². The standard InChI is InChI=1S/C55H88NO13P/c1-33-19-15-14-16-20-34(2)46(65-9)30-42-23-22-38(6)55(63,32-42)52(60)53(61)56-26-18-17-21-43(56)54(62)68-47(36(4)28-41-24-25-45(48(29-41)66-10)69-70(12,13)64)31-44(57)35(3)27-37(5)49(58)51(67-11)50(59)40(8)39(33)7/h14-16,19-20,27,33,35-36,38-43,45-49,51,58,63H,17-18,21-26,28-32H2,1-13H3/b16-14+,19-15+,34-20+,37-27+/t33-,35-,36-,38-,39?,40-,41+,42+,43+,45-,46+,47+,48-,49-,51-,55+/m1/s1/i3D3,9D3,22D2,33D,39D. The number of allylic oxidation sites excluding steroid dienone is 6. The Bertz CT molecular complexity index is 2380. The Balaban J connectivity index is 1.88. The van der Waals surface area contributed by atoms with Crippen LogP contribution in [0, 0.1) is 47.3 Å². The first-order chi connectivity index (χ1) is 36.6. The van der Waals surface area contributed by atoms with Crippen LogP contribution in [-0.2, 0) is 52.0 Å². The minimum absolute atomic E-state index is 0.0112. The van der Waals surface area contributed by atoms with E-state index in [0.29, 0.717) is 44.1 Å². The maximum absolute atomic E-state index is 14.7. The van der Waals surface area contributed by atoms with Crippen molar-refractivity contribution in [3.63, 3.8) is 0 Å². The summed E-state index contributed by atoms with van der Waals surface area (Å²) in [5.41, 5.74) is -2.43. The summed E-state index contributed by atoms with van der Waals surface area (Å²) in [6.45, 7) is 9.90. The van der Waals surface area contributed by atoms with Gasteiger partial charge in [-0.05, 0) is 131 Å². The molecule has 2 aliphatic heterocycles. The van der Waals surface area contributed by atoms with Crippen LogP contribution in [-0.4, -0.2) is 134 Å². The predicted molar refractivity (Wildman–Crippen MR) is 271 cm³/mol. The van der Waals surface area contributed by atoms with E-state index in [0.717, 1.165) is 18.1 Å². The molecule has 1 unspecified atom stereocenters. The summed E-state index contributed by atoms with van der Waals surface area (Å²) in [7, 11) is -3.21. The van der Waals surface area contributed by atoms with E-state index < -0.39 is 159 Å². The van der Waals surface area contributed by atoms with Gasteiger partial charge in [-0.25, -0.2) is 4.79 Å². The van der Waals surface area contributed by atoms with Crippen molar-refractivity contribution in [1.29, 1.82) is 0 Å².